The number of anilines is 1. The number of benzene rings is 2. The molecule has 0 radical (unpaired) electrons. The van der Waals surface area contributed by atoms with E-state index in [0.717, 1.165) is 41.5 Å². The second kappa shape index (κ2) is 8.93. The first kappa shape index (κ1) is 18.6. The summed E-state index contributed by atoms with van der Waals surface area (Å²) in [5.41, 5.74) is 1.83. The van der Waals surface area contributed by atoms with Crippen molar-refractivity contribution in [1.82, 2.24) is 9.88 Å². The van der Waals surface area contributed by atoms with Crippen molar-refractivity contribution in [2.75, 3.05) is 18.4 Å². The number of amides is 1. The van der Waals surface area contributed by atoms with Gasteiger partial charge in [0.1, 0.15) is 5.03 Å². The smallest absolute Gasteiger partial charge is 0.256 e. The summed E-state index contributed by atoms with van der Waals surface area (Å²) in [7, 11) is 0. The van der Waals surface area contributed by atoms with Crippen LogP contribution in [0.3, 0.4) is 0 Å². The van der Waals surface area contributed by atoms with Gasteiger partial charge in [-0.2, -0.15) is 0 Å². The Hall–Kier alpha value is -2.79. The van der Waals surface area contributed by atoms with Crippen LogP contribution < -0.4 is 5.32 Å². The van der Waals surface area contributed by atoms with E-state index in [1.165, 1.54) is 11.8 Å². The van der Waals surface area contributed by atoms with E-state index >= 15 is 0 Å². The molecule has 28 heavy (non-hydrogen) atoms. The van der Waals surface area contributed by atoms with Crippen LogP contribution in [0.4, 0.5) is 5.69 Å². The summed E-state index contributed by atoms with van der Waals surface area (Å²) >= 11 is 1.54. The minimum absolute atomic E-state index is 0.0738. The lowest BCUT2D eigenvalue weighted by atomic mass is 10.0. The normalized spacial score (nSPS) is 14.6. The molecular weight excluding hydrogens is 366 g/mol. The van der Waals surface area contributed by atoms with Gasteiger partial charge in [-0.15, -0.1) is 0 Å². The summed E-state index contributed by atoms with van der Waals surface area (Å²) in [6.07, 6.45) is 3.64. The highest BCUT2D eigenvalue weighted by Gasteiger charge is 2.25. The zero-order valence-electron chi connectivity index (χ0n) is 15.6. The van der Waals surface area contributed by atoms with Gasteiger partial charge in [0.25, 0.3) is 5.91 Å². The molecule has 3 aromatic rings. The highest BCUT2D eigenvalue weighted by molar-refractivity contribution is 7.99. The van der Waals surface area contributed by atoms with Crippen LogP contribution in [-0.4, -0.2) is 34.9 Å². The number of carbonyl (C=O) groups excluding carboxylic acids is 1. The van der Waals surface area contributed by atoms with E-state index in [9.17, 15) is 4.79 Å². The number of para-hydroxylation sites is 1. The largest absolute Gasteiger partial charge is 0.382 e. The Morgan fingerprint density at radius 3 is 2.32 bits per heavy atom. The molecule has 4 nitrogen and oxygen atoms in total. The first-order valence-electron chi connectivity index (χ1n) is 9.58. The van der Waals surface area contributed by atoms with Gasteiger partial charge >= 0.3 is 0 Å². The van der Waals surface area contributed by atoms with Crippen molar-refractivity contribution in [3.05, 3.63) is 84.6 Å². The third kappa shape index (κ3) is 4.54. The molecule has 1 fully saturated rings. The maximum Gasteiger partial charge on any atom is 0.256 e. The molecule has 1 amide bonds. The Morgan fingerprint density at radius 2 is 1.61 bits per heavy atom. The number of hydrogen-bond donors (Lipinski definition) is 1. The third-order valence-corrected chi connectivity index (χ3v) is 5.91. The van der Waals surface area contributed by atoms with Gasteiger partial charge in [-0.25, -0.2) is 4.98 Å². The molecule has 2 heterocycles. The average Bonchev–Trinajstić information content (AvgIpc) is 2.76. The number of aromatic nitrogens is 1. The molecule has 0 spiro atoms. The number of carbonyl (C=O) groups is 1. The van der Waals surface area contributed by atoms with Crippen LogP contribution >= 0.6 is 11.8 Å². The Morgan fingerprint density at radius 1 is 0.929 bits per heavy atom. The number of piperidine rings is 1. The highest BCUT2D eigenvalue weighted by atomic mass is 32.2. The van der Waals surface area contributed by atoms with Gasteiger partial charge in [-0.1, -0.05) is 48.2 Å². The maximum atomic E-state index is 13.1. The van der Waals surface area contributed by atoms with Gasteiger partial charge in [0.05, 0.1) is 5.56 Å². The summed E-state index contributed by atoms with van der Waals surface area (Å²) in [4.78, 5) is 20.6. The van der Waals surface area contributed by atoms with E-state index in [0.29, 0.717) is 11.6 Å². The molecule has 0 saturated carbocycles. The van der Waals surface area contributed by atoms with Crippen molar-refractivity contribution in [2.24, 2.45) is 0 Å². The summed E-state index contributed by atoms with van der Waals surface area (Å²) in [6.45, 7) is 1.52. The summed E-state index contributed by atoms with van der Waals surface area (Å²) in [5, 5.41) is 4.34. The molecule has 1 aromatic heterocycles. The van der Waals surface area contributed by atoms with Gasteiger partial charge < -0.3 is 10.2 Å². The van der Waals surface area contributed by atoms with Crippen molar-refractivity contribution < 1.29 is 4.79 Å². The molecular formula is C23H23N3OS. The zero-order valence-corrected chi connectivity index (χ0v) is 16.4. The van der Waals surface area contributed by atoms with Crippen molar-refractivity contribution >= 4 is 23.4 Å². The van der Waals surface area contributed by atoms with Crippen LogP contribution in [0.25, 0.3) is 0 Å². The number of hydrogen-bond acceptors (Lipinski definition) is 4. The fraction of sp³-hybridized carbons (Fsp3) is 0.217. The molecule has 0 aliphatic carbocycles. The monoisotopic (exact) mass is 389 g/mol. The fourth-order valence-electron chi connectivity index (χ4n) is 3.40. The van der Waals surface area contributed by atoms with E-state index in [-0.39, 0.29) is 5.91 Å². The van der Waals surface area contributed by atoms with E-state index < -0.39 is 0 Å². The van der Waals surface area contributed by atoms with E-state index in [2.05, 4.69) is 22.4 Å². The zero-order chi connectivity index (χ0) is 19.2. The lowest BCUT2D eigenvalue weighted by Gasteiger charge is -2.33. The number of pyridine rings is 1. The van der Waals surface area contributed by atoms with E-state index in [4.69, 9.17) is 0 Å². The molecule has 0 unspecified atom stereocenters. The molecule has 1 saturated heterocycles. The maximum absolute atomic E-state index is 13.1. The van der Waals surface area contributed by atoms with Gasteiger partial charge in [0, 0.05) is 35.9 Å². The van der Waals surface area contributed by atoms with Gasteiger partial charge in [-0.3, -0.25) is 4.79 Å². The second-order valence-electron chi connectivity index (χ2n) is 6.85. The lowest BCUT2D eigenvalue weighted by Crippen LogP contribution is -2.42. The summed E-state index contributed by atoms with van der Waals surface area (Å²) in [6, 6.07) is 24.4. The number of nitrogens with one attached hydrogen (secondary N) is 1. The number of rotatable bonds is 5. The van der Waals surface area contributed by atoms with Crippen molar-refractivity contribution in [1.29, 1.82) is 0 Å². The Kier molecular flexibility index (Phi) is 5.92. The summed E-state index contributed by atoms with van der Waals surface area (Å²) < 4.78 is 0. The molecule has 1 aliphatic heterocycles. The van der Waals surface area contributed by atoms with Crippen molar-refractivity contribution in [3.63, 3.8) is 0 Å². The predicted molar refractivity (Wildman–Crippen MR) is 114 cm³/mol. The second-order valence-corrected chi connectivity index (χ2v) is 7.91. The van der Waals surface area contributed by atoms with Crippen LogP contribution in [0.1, 0.15) is 23.2 Å². The molecule has 0 bridgehead atoms. The lowest BCUT2D eigenvalue weighted by molar-refractivity contribution is 0.0714. The Labute approximate surface area is 170 Å². The number of likely N-dealkylation sites (tertiary alicyclic amines) is 1. The van der Waals surface area contributed by atoms with Gasteiger partial charge in [0.2, 0.25) is 0 Å². The minimum atomic E-state index is 0.0738. The Balaban J connectivity index is 1.40. The Bertz CT molecular complexity index is 909. The SMILES string of the molecule is O=C(c1cccnc1Sc1ccccc1)N1CCC(Nc2ccccc2)CC1. The van der Waals surface area contributed by atoms with E-state index in [1.807, 2.05) is 65.6 Å². The quantitative estimate of drug-likeness (QED) is 0.671. The highest BCUT2D eigenvalue weighted by Crippen LogP contribution is 2.29. The summed E-state index contributed by atoms with van der Waals surface area (Å²) in [5.74, 6) is 0.0738. The number of nitrogens with zero attached hydrogens (tertiary/aromatic N) is 2. The van der Waals surface area contributed by atoms with Crippen LogP contribution in [0.2, 0.25) is 0 Å². The average molecular weight is 390 g/mol. The van der Waals surface area contributed by atoms with Gasteiger partial charge in [-0.05, 0) is 49.2 Å². The molecule has 2 aromatic carbocycles. The van der Waals surface area contributed by atoms with E-state index in [1.54, 1.807) is 6.20 Å². The molecule has 5 heteroatoms. The molecule has 1 aliphatic rings. The predicted octanol–water partition coefficient (Wildman–Crippen LogP) is 4.95. The minimum Gasteiger partial charge on any atom is -0.382 e. The molecule has 1 N–H and O–H groups in total. The van der Waals surface area contributed by atoms with Gasteiger partial charge in [0.15, 0.2) is 0 Å². The first-order valence-corrected chi connectivity index (χ1v) is 10.4. The van der Waals surface area contributed by atoms with Crippen LogP contribution in [0.15, 0.2) is 88.9 Å². The molecule has 142 valence electrons. The molecule has 4 rings (SSSR count). The first-order chi connectivity index (χ1) is 13.8. The van der Waals surface area contributed by atoms with Crippen LogP contribution in [-0.2, 0) is 0 Å². The van der Waals surface area contributed by atoms with Crippen LogP contribution in [0.5, 0.6) is 0 Å². The van der Waals surface area contributed by atoms with Crippen molar-refractivity contribution in [3.8, 4) is 0 Å². The topological polar surface area (TPSA) is 45.2 Å². The fourth-order valence-corrected chi connectivity index (χ4v) is 4.30. The third-order valence-electron chi connectivity index (χ3n) is 4.89. The standard InChI is InChI=1S/C23H23N3OS/c27-23(21-12-7-15-24-22(21)28-20-10-5-2-6-11-20)26-16-13-19(14-17-26)25-18-8-3-1-4-9-18/h1-12,15,19,25H,13-14,16-17H2. The van der Waals surface area contributed by atoms with Crippen molar-refractivity contribution in [2.45, 2.75) is 28.8 Å². The molecule has 0 atom stereocenters. The van der Waals surface area contributed by atoms with Crippen LogP contribution in [0, 0.1) is 0 Å².